The minimum atomic E-state index is -0.183. The van der Waals surface area contributed by atoms with Gasteiger partial charge in [0.05, 0.1) is 12.8 Å². The Morgan fingerprint density at radius 3 is 2.56 bits per heavy atom. The van der Waals surface area contributed by atoms with Crippen LogP contribution in [0.15, 0.2) is 54.6 Å². The van der Waals surface area contributed by atoms with E-state index < -0.39 is 0 Å². The van der Waals surface area contributed by atoms with Crippen LogP contribution in [-0.2, 0) is 0 Å². The molecule has 3 rings (SSSR count). The Morgan fingerprint density at radius 2 is 1.88 bits per heavy atom. The Morgan fingerprint density at radius 1 is 1.12 bits per heavy atom. The van der Waals surface area contributed by atoms with Gasteiger partial charge in [0.25, 0.3) is 5.91 Å². The molecule has 1 heterocycles. The standard InChI is InChI=1S/C19H19N3O2S/c1-22(2)19-21-16(13-8-5-4-6-9-13)17(25-19)18(23)20-14-10-7-11-15(12-14)24-3/h4-12H,1-3H3,(H,20,23). The molecule has 0 saturated carbocycles. The number of carbonyl (C=O) groups excluding carboxylic acids is 1. The van der Waals surface area contributed by atoms with Gasteiger partial charge in [0, 0.05) is 31.4 Å². The number of carbonyl (C=O) groups is 1. The van der Waals surface area contributed by atoms with E-state index in [1.54, 1.807) is 13.2 Å². The van der Waals surface area contributed by atoms with Gasteiger partial charge in [-0.3, -0.25) is 4.79 Å². The first-order valence-corrected chi connectivity index (χ1v) is 8.59. The fourth-order valence-electron chi connectivity index (χ4n) is 2.33. The predicted octanol–water partition coefficient (Wildman–Crippen LogP) is 4.14. The molecule has 3 aromatic rings. The second-order valence-electron chi connectivity index (χ2n) is 5.62. The van der Waals surface area contributed by atoms with Crippen LogP contribution in [0.5, 0.6) is 5.75 Å². The average molecular weight is 353 g/mol. The summed E-state index contributed by atoms with van der Waals surface area (Å²) in [5, 5.41) is 3.72. The number of amides is 1. The van der Waals surface area contributed by atoms with Crippen LogP contribution in [0.25, 0.3) is 11.3 Å². The van der Waals surface area contributed by atoms with Crippen LogP contribution < -0.4 is 15.0 Å². The van der Waals surface area contributed by atoms with Crippen molar-refractivity contribution in [3.8, 4) is 17.0 Å². The maximum absolute atomic E-state index is 12.8. The molecule has 0 aliphatic carbocycles. The number of benzene rings is 2. The average Bonchev–Trinajstić information content (AvgIpc) is 3.08. The van der Waals surface area contributed by atoms with Gasteiger partial charge < -0.3 is 15.0 Å². The van der Waals surface area contributed by atoms with Crippen molar-refractivity contribution in [1.29, 1.82) is 0 Å². The summed E-state index contributed by atoms with van der Waals surface area (Å²) in [6.07, 6.45) is 0. The van der Waals surface area contributed by atoms with Crippen molar-refractivity contribution >= 4 is 28.1 Å². The Labute approximate surface area is 150 Å². The summed E-state index contributed by atoms with van der Waals surface area (Å²) in [5.41, 5.74) is 2.29. The Balaban J connectivity index is 1.96. The molecule has 6 heteroatoms. The van der Waals surface area contributed by atoms with Crippen LogP contribution in [0.4, 0.5) is 10.8 Å². The van der Waals surface area contributed by atoms with Crippen molar-refractivity contribution < 1.29 is 9.53 Å². The number of aromatic nitrogens is 1. The van der Waals surface area contributed by atoms with Gasteiger partial charge in [-0.05, 0) is 12.1 Å². The summed E-state index contributed by atoms with van der Waals surface area (Å²) in [7, 11) is 5.43. The van der Waals surface area contributed by atoms with Crippen LogP contribution in [0, 0.1) is 0 Å². The van der Waals surface area contributed by atoms with Gasteiger partial charge in [-0.1, -0.05) is 47.7 Å². The predicted molar refractivity (Wildman–Crippen MR) is 103 cm³/mol. The first-order chi connectivity index (χ1) is 12.1. The number of nitrogens with one attached hydrogen (secondary N) is 1. The zero-order chi connectivity index (χ0) is 17.8. The molecule has 1 N–H and O–H groups in total. The number of hydrogen-bond acceptors (Lipinski definition) is 5. The van der Waals surface area contributed by atoms with Gasteiger partial charge in [0.2, 0.25) is 0 Å². The number of thiazole rings is 1. The highest BCUT2D eigenvalue weighted by Gasteiger charge is 2.20. The molecule has 0 saturated heterocycles. The van der Waals surface area contributed by atoms with Crippen LogP contribution in [-0.4, -0.2) is 32.1 Å². The third-order valence-electron chi connectivity index (χ3n) is 3.58. The molecular formula is C19H19N3O2S. The first kappa shape index (κ1) is 17.0. The number of methoxy groups -OCH3 is 1. The number of anilines is 2. The van der Waals surface area contributed by atoms with Crippen molar-refractivity contribution in [2.75, 3.05) is 31.4 Å². The van der Waals surface area contributed by atoms with E-state index in [1.165, 1.54) is 11.3 Å². The summed E-state index contributed by atoms with van der Waals surface area (Å²) in [5.74, 6) is 0.511. The lowest BCUT2D eigenvalue weighted by Crippen LogP contribution is -2.11. The molecule has 0 aliphatic heterocycles. The van der Waals surface area contributed by atoms with Crippen molar-refractivity contribution in [1.82, 2.24) is 4.98 Å². The van der Waals surface area contributed by atoms with Crippen LogP contribution >= 0.6 is 11.3 Å². The molecule has 5 nitrogen and oxygen atoms in total. The minimum absolute atomic E-state index is 0.183. The summed E-state index contributed by atoms with van der Waals surface area (Å²) < 4.78 is 5.20. The quantitative estimate of drug-likeness (QED) is 0.749. The van der Waals surface area contributed by atoms with E-state index in [0.29, 0.717) is 22.0 Å². The van der Waals surface area contributed by atoms with E-state index in [4.69, 9.17) is 4.74 Å². The molecule has 1 aromatic heterocycles. The normalized spacial score (nSPS) is 10.4. The first-order valence-electron chi connectivity index (χ1n) is 7.77. The minimum Gasteiger partial charge on any atom is -0.497 e. The molecule has 128 valence electrons. The Bertz CT molecular complexity index is 875. The lowest BCUT2D eigenvalue weighted by molar-refractivity contribution is 0.103. The Hall–Kier alpha value is -2.86. The molecule has 0 spiro atoms. The fourth-order valence-corrected chi connectivity index (χ4v) is 3.24. The maximum atomic E-state index is 12.8. The van der Waals surface area contributed by atoms with Gasteiger partial charge in [-0.2, -0.15) is 0 Å². The van der Waals surface area contributed by atoms with E-state index in [9.17, 15) is 4.79 Å². The van der Waals surface area contributed by atoms with Crippen molar-refractivity contribution in [3.05, 3.63) is 59.5 Å². The molecule has 0 atom stereocenters. The molecular weight excluding hydrogens is 334 g/mol. The van der Waals surface area contributed by atoms with Gasteiger partial charge in [-0.25, -0.2) is 4.98 Å². The number of hydrogen-bond donors (Lipinski definition) is 1. The molecule has 0 fully saturated rings. The highest BCUT2D eigenvalue weighted by atomic mass is 32.1. The molecule has 1 amide bonds. The highest BCUT2D eigenvalue weighted by Crippen LogP contribution is 2.33. The number of rotatable bonds is 5. The van der Waals surface area contributed by atoms with E-state index in [1.807, 2.05) is 67.5 Å². The second-order valence-corrected chi connectivity index (χ2v) is 6.60. The van der Waals surface area contributed by atoms with E-state index in [-0.39, 0.29) is 5.91 Å². The third kappa shape index (κ3) is 3.80. The lowest BCUT2D eigenvalue weighted by atomic mass is 10.1. The molecule has 0 radical (unpaired) electrons. The SMILES string of the molecule is COc1cccc(NC(=O)c2sc(N(C)C)nc2-c2ccccc2)c1. The molecule has 0 bridgehead atoms. The smallest absolute Gasteiger partial charge is 0.268 e. The maximum Gasteiger partial charge on any atom is 0.268 e. The molecule has 0 aliphatic rings. The highest BCUT2D eigenvalue weighted by molar-refractivity contribution is 7.18. The number of ether oxygens (including phenoxy) is 1. The van der Waals surface area contributed by atoms with Gasteiger partial charge in [-0.15, -0.1) is 0 Å². The van der Waals surface area contributed by atoms with Gasteiger partial charge in [0.1, 0.15) is 10.6 Å². The van der Waals surface area contributed by atoms with E-state index in [0.717, 1.165) is 10.7 Å². The van der Waals surface area contributed by atoms with Crippen molar-refractivity contribution in [2.45, 2.75) is 0 Å². The number of nitrogens with zero attached hydrogens (tertiary/aromatic N) is 2. The van der Waals surface area contributed by atoms with Crippen LogP contribution in [0.1, 0.15) is 9.67 Å². The fraction of sp³-hybridized carbons (Fsp3) is 0.158. The third-order valence-corrected chi connectivity index (χ3v) is 4.80. The summed E-state index contributed by atoms with van der Waals surface area (Å²) in [6.45, 7) is 0. The van der Waals surface area contributed by atoms with Crippen molar-refractivity contribution in [2.24, 2.45) is 0 Å². The monoisotopic (exact) mass is 353 g/mol. The summed E-state index contributed by atoms with van der Waals surface area (Å²) in [4.78, 5) is 20.0. The zero-order valence-corrected chi connectivity index (χ0v) is 15.1. The molecule has 25 heavy (non-hydrogen) atoms. The molecule has 2 aromatic carbocycles. The molecule has 0 unspecified atom stereocenters. The van der Waals surface area contributed by atoms with E-state index in [2.05, 4.69) is 10.3 Å². The zero-order valence-electron chi connectivity index (χ0n) is 14.3. The topological polar surface area (TPSA) is 54.5 Å². The summed E-state index contributed by atoms with van der Waals surface area (Å²) >= 11 is 1.37. The van der Waals surface area contributed by atoms with Crippen LogP contribution in [0.3, 0.4) is 0 Å². The Kier molecular flexibility index (Phi) is 5.00. The largest absolute Gasteiger partial charge is 0.497 e. The van der Waals surface area contributed by atoms with E-state index >= 15 is 0 Å². The van der Waals surface area contributed by atoms with Gasteiger partial charge >= 0.3 is 0 Å². The van der Waals surface area contributed by atoms with Gasteiger partial charge in [0.15, 0.2) is 5.13 Å². The van der Waals surface area contributed by atoms with Crippen LogP contribution in [0.2, 0.25) is 0 Å². The van der Waals surface area contributed by atoms with Crippen molar-refractivity contribution in [3.63, 3.8) is 0 Å². The summed E-state index contributed by atoms with van der Waals surface area (Å²) in [6, 6.07) is 17.0. The lowest BCUT2D eigenvalue weighted by Gasteiger charge is -2.07. The second kappa shape index (κ2) is 7.36.